The minimum absolute atomic E-state index is 0.0169. The van der Waals surface area contributed by atoms with Crippen LogP contribution >= 0.6 is 0 Å². The molecule has 0 aliphatic carbocycles. The van der Waals surface area contributed by atoms with E-state index in [4.69, 9.17) is 14.6 Å². The first kappa shape index (κ1) is 27.7. The molecule has 1 fully saturated rings. The van der Waals surface area contributed by atoms with E-state index in [-0.39, 0.29) is 17.7 Å². The van der Waals surface area contributed by atoms with E-state index < -0.39 is 12.0 Å². The Labute approximate surface area is 239 Å². The van der Waals surface area contributed by atoms with Crippen molar-refractivity contribution in [1.82, 2.24) is 24.5 Å². The van der Waals surface area contributed by atoms with Crippen molar-refractivity contribution >= 4 is 17.6 Å². The standard InChI is InChI=1S/C30H38F2N6O3/c1-30(2,3)41-29(39)36-11-7-25-24(18-36)28(34-38(25)21-8-12-40-13-9-21)37-10-5-6-19-14-22(20-16-33-35(4)17-20)23(27(31)32)15-26(19)37/h14-17,21,27H,5-13,18H2,1-4H3. The molecule has 0 saturated carbocycles. The fraction of sp³-hybridized carbons (Fsp3) is 0.567. The summed E-state index contributed by atoms with van der Waals surface area (Å²) in [5.74, 6) is 0.745. The molecule has 6 rings (SSSR count). The lowest BCUT2D eigenvalue weighted by molar-refractivity contribution is 0.0220. The average molecular weight is 569 g/mol. The normalized spacial score (nSPS) is 18.0. The van der Waals surface area contributed by atoms with Gasteiger partial charge in [0.25, 0.3) is 6.43 Å². The van der Waals surface area contributed by atoms with Gasteiger partial charge in [-0.05, 0) is 69.7 Å². The molecule has 1 aromatic carbocycles. The van der Waals surface area contributed by atoms with Gasteiger partial charge in [0.1, 0.15) is 5.60 Å². The number of nitrogens with zero attached hydrogens (tertiary/aromatic N) is 6. The monoisotopic (exact) mass is 568 g/mol. The molecule has 0 unspecified atom stereocenters. The number of halogens is 2. The molecule has 1 amide bonds. The molecule has 1 saturated heterocycles. The van der Waals surface area contributed by atoms with Gasteiger partial charge >= 0.3 is 6.09 Å². The molecule has 41 heavy (non-hydrogen) atoms. The molecule has 220 valence electrons. The van der Waals surface area contributed by atoms with E-state index in [1.807, 2.05) is 26.8 Å². The highest BCUT2D eigenvalue weighted by molar-refractivity contribution is 5.77. The van der Waals surface area contributed by atoms with E-state index in [2.05, 4.69) is 14.7 Å². The first-order valence-corrected chi connectivity index (χ1v) is 14.5. The van der Waals surface area contributed by atoms with E-state index in [0.29, 0.717) is 50.4 Å². The lowest BCUT2D eigenvalue weighted by atomic mass is 9.92. The Hall–Kier alpha value is -3.47. The highest BCUT2D eigenvalue weighted by atomic mass is 19.3. The number of amides is 1. The quantitative estimate of drug-likeness (QED) is 0.387. The summed E-state index contributed by atoms with van der Waals surface area (Å²) in [6.45, 7) is 8.51. The number of carbonyl (C=O) groups excluding carboxylic acids is 1. The Morgan fingerprint density at radius 3 is 2.61 bits per heavy atom. The maximum Gasteiger partial charge on any atom is 0.410 e. The van der Waals surface area contributed by atoms with Crippen molar-refractivity contribution in [2.24, 2.45) is 7.05 Å². The van der Waals surface area contributed by atoms with Gasteiger partial charge in [0.2, 0.25) is 0 Å². The van der Waals surface area contributed by atoms with Crippen LogP contribution in [0, 0.1) is 0 Å². The van der Waals surface area contributed by atoms with E-state index in [9.17, 15) is 13.6 Å². The summed E-state index contributed by atoms with van der Waals surface area (Å²) in [6.07, 6.45) is 4.44. The smallest absolute Gasteiger partial charge is 0.410 e. The zero-order chi connectivity index (χ0) is 28.9. The number of aryl methyl sites for hydroxylation is 2. The lowest BCUT2D eigenvalue weighted by Gasteiger charge is -2.34. The van der Waals surface area contributed by atoms with Gasteiger partial charge in [0.15, 0.2) is 5.82 Å². The van der Waals surface area contributed by atoms with Crippen LogP contribution in [0.3, 0.4) is 0 Å². The average Bonchev–Trinajstić information content (AvgIpc) is 3.55. The van der Waals surface area contributed by atoms with E-state index >= 15 is 0 Å². The summed E-state index contributed by atoms with van der Waals surface area (Å²) in [5, 5.41) is 9.38. The van der Waals surface area contributed by atoms with Gasteiger partial charge in [-0.15, -0.1) is 0 Å². The Balaban J connectivity index is 1.43. The Morgan fingerprint density at radius 2 is 1.93 bits per heavy atom. The molecule has 3 aromatic rings. The van der Waals surface area contributed by atoms with Crippen LogP contribution in [0.15, 0.2) is 24.5 Å². The predicted octanol–water partition coefficient (Wildman–Crippen LogP) is 5.95. The highest BCUT2D eigenvalue weighted by Gasteiger charge is 2.35. The van der Waals surface area contributed by atoms with Gasteiger partial charge < -0.3 is 19.3 Å². The van der Waals surface area contributed by atoms with Crippen LogP contribution in [0.1, 0.15) is 74.9 Å². The summed E-state index contributed by atoms with van der Waals surface area (Å²) >= 11 is 0. The second kappa shape index (κ2) is 10.7. The molecule has 2 aromatic heterocycles. The fourth-order valence-electron chi connectivity index (χ4n) is 6.22. The topological polar surface area (TPSA) is 77.7 Å². The second-order valence-electron chi connectivity index (χ2n) is 12.2. The molecule has 3 aliphatic heterocycles. The third-order valence-corrected chi connectivity index (χ3v) is 8.13. The van der Waals surface area contributed by atoms with Crippen LogP contribution in [-0.4, -0.2) is 62.5 Å². The summed E-state index contributed by atoms with van der Waals surface area (Å²) in [5.41, 5.74) is 4.42. The van der Waals surface area contributed by atoms with Crippen LogP contribution in [-0.2, 0) is 35.9 Å². The number of aromatic nitrogens is 4. The number of benzene rings is 1. The number of rotatable bonds is 4. The Morgan fingerprint density at radius 1 is 1.15 bits per heavy atom. The third kappa shape index (κ3) is 5.43. The van der Waals surface area contributed by atoms with Crippen LogP contribution < -0.4 is 4.90 Å². The number of hydrogen-bond donors (Lipinski definition) is 0. The molecule has 0 spiro atoms. The molecule has 0 bridgehead atoms. The van der Waals surface area contributed by atoms with E-state index in [1.165, 1.54) is 0 Å². The van der Waals surface area contributed by atoms with Crippen molar-refractivity contribution < 1.29 is 23.0 Å². The third-order valence-electron chi connectivity index (χ3n) is 8.13. The minimum Gasteiger partial charge on any atom is -0.444 e. The summed E-state index contributed by atoms with van der Waals surface area (Å²) < 4.78 is 44.0. The van der Waals surface area contributed by atoms with Crippen LogP contribution in [0.4, 0.5) is 25.1 Å². The van der Waals surface area contributed by atoms with Crippen molar-refractivity contribution in [2.45, 2.75) is 77.5 Å². The summed E-state index contributed by atoms with van der Waals surface area (Å²) in [4.78, 5) is 16.9. The van der Waals surface area contributed by atoms with Gasteiger partial charge in [0, 0.05) is 74.0 Å². The lowest BCUT2D eigenvalue weighted by Crippen LogP contribution is -2.40. The van der Waals surface area contributed by atoms with Gasteiger partial charge in [0.05, 0.1) is 18.8 Å². The number of anilines is 2. The van der Waals surface area contributed by atoms with Gasteiger partial charge in [-0.2, -0.15) is 10.2 Å². The van der Waals surface area contributed by atoms with E-state index in [1.54, 1.807) is 35.1 Å². The van der Waals surface area contributed by atoms with Crippen molar-refractivity contribution in [3.63, 3.8) is 0 Å². The van der Waals surface area contributed by atoms with Crippen molar-refractivity contribution in [2.75, 3.05) is 31.2 Å². The molecule has 9 nitrogen and oxygen atoms in total. The van der Waals surface area contributed by atoms with Crippen LogP contribution in [0.5, 0.6) is 0 Å². The summed E-state index contributed by atoms with van der Waals surface area (Å²) in [6, 6.07) is 3.73. The maximum atomic E-state index is 14.5. The molecule has 3 aliphatic rings. The maximum absolute atomic E-state index is 14.5. The van der Waals surface area contributed by atoms with Crippen molar-refractivity contribution in [3.8, 4) is 11.1 Å². The number of hydrogen-bond acceptors (Lipinski definition) is 6. The number of carbonyl (C=O) groups is 1. The zero-order valence-corrected chi connectivity index (χ0v) is 24.2. The first-order valence-electron chi connectivity index (χ1n) is 14.5. The molecule has 0 atom stereocenters. The molecular weight excluding hydrogens is 530 g/mol. The predicted molar refractivity (Wildman–Crippen MR) is 151 cm³/mol. The summed E-state index contributed by atoms with van der Waals surface area (Å²) in [7, 11) is 1.78. The van der Waals surface area contributed by atoms with Crippen molar-refractivity contribution in [1.29, 1.82) is 0 Å². The fourth-order valence-corrected chi connectivity index (χ4v) is 6.22. The van der Waals surface area contributed by atoms with Gasteiger partial charge in [-0.25, -0.2) is 13.6 Å². The molecule has 0 N–H and O–H groups in total. The minimum atomic E-state index is -2.64. The molecule has 11 heteroatoms. The number of ether oxygens (including phenoxy) is 2. The molecular formula is C30H38F2N6O3. The number of fused-ring (bicyclic) bond motifs is 2. The SMILES string of the molecule is Cn1cc(-c2cc3c(cc2C(F)F)N(c2nn(C4CCOCC4)c4c2CN(C(=O)OC(C)(C)C)CC4)CCC3)cn1. The van der Waals surface area contributed by atoms with Gasteiger partial charge in [-0.3, -0.25) is 9.36 Å². The number of alkyl halides is 2. The molecule has 5 heterocycles. The second-order valence-corrected chi connectivity index (χ2v) is 12.2. The van der Waals surface area contributed by atoms with Crippen molar-refractivity contribution in [3.05, 3.63) is 46.9 Å². The van der Waals surface area contributed by atoms with E-state index in [0.717, 1.165) is 54.0 Å². The Kier molecular flexibility index (Phi) is 7.25. The Bertz CT molecular complexity index is 1440. The molecule has 0 radical (unpaired) electrons. The van der Waals surface area contributed by atoms with Gasteiger partial charge in [-0.1, -0.05) is 0 Å². The van der Waals surface area contributed by atoms with Crippen LogP contribution in [0.2, 0.25) is 0 Å². The largest absolute Gasteiger partial charge is 0.444 e. The highest BCUT2D eigenvalue weighted by Crippen LogP contribution is 2.43. The van der Waals surface area contributed by atoms with Crippen LogP contribution in [0.25, 0.3) is 11.1 Å². The zero-order valence-electron chi connectivity index (χ0n) is 24.2. The first-order chi connectivity index (χ1) is 19.6.